The highest BCUT2D eigenvalue weighted by Crippen LogP contribution is 2.39. The van der Waals surface area contributed by atoms with Crippen molar-refractivity contribution in [2.45, 2.75) is 11.8 Å². The SMILES string of the molecule is NCC(O)(c1ccc(Cl)c(Cl)c1)C(F)(F)F. The number of alkyl halides is 3. The summed E-state index contributed by atoms with van der Waals surface area (Å²) in [5.74, 6) is 0. The minimum Gasteiger partial charge on any atom is -0.375 e. The van der Waals surface area contributed by atoms with Crippen LogP contribution >= 0.6 is 23.2 Å². The maximum Gasteiger partial charge on any atom is 0.422 e. The second-order valence-corrected chi connectivity index (χ2v) is 4.01. The first-order valence-electron chi connectivity index (χ1n) is 4.17. The maximum atomic E-state index is 12.6. The third-order valence-electron chi connectivity index (χ3n) is 2.16. The summed E-state index contributed by atoms with van der Waals surface area (Å²) in [6, 6.07) is 3.16. The van der Waals surface area contributed by atoms with Crippen LogP contribution in [-0.4, -0.2) is 17.8 Å². The molecule has 1 aromatic carbocycles. The van der Waals surface area contributed by atoms with Gasteiger partial charge in [-0.05, 0) is 17.7 Å². The van der Waals surface area contributed by atoms with E-state index in [1.807, 2.05) is 0 Å². The first-order chi connectivity index (χ1) is 7.22. The van der Waals surface area contributed by atoms with Crippen LogP contribution in [0.25, 0.3) is 0 Å². The van der Waals surface area contributed by atoms with E-state index in [9.17, 15) is 18.3 Å². The fourth-order valence-corrected chi connectivity index (χ4v) is 1.45. The number of nitrogens with two attached hydrogens (primary N) is 1. The maximum absolute atomic E-state index is 12.6. The summed E-state index contributed by atoms with van der Waals surface area (Å²) in [7, 11) is 0. The minimum absolute atomic E-state index is 0.0738. The molecule has 0 saturated carbocycles. The summed E-state index contributed by atoms with van der Waals surface area (Å²) in [6.45, 7) is -0.992. The van der Waals surface area contributed by atoms with Crippen LogP contribution in [0.5, 0.6) is 0 Å². The highest BCUT2D eigenvalue weighted by atomic mass is 35.5. The Morgan fingerprint density at radius 1 is 1.19 bits per heavy atom. The first kappa shape index (κ1) is 13.6. The third-order valence-corrected chi connectivity index (χ3v) is 2.90. The van der Waals surface area contributed by atoms with E-state index in [0.717, 1.165) is 12.1 Å². The summed E-state index contributed by atoms with van der Waals surface area (Å²) in [5, 5.41) is 9.52. The van der Waals surface area contributed by atoms with Crippen molar-refractivity contribution in [3.63, 3.8) is 0 Å². The average Bonchev–Trinajstić information content (AvgIpc) is 2.19. The summed E-state index contributed by atoms with van der Waals surface area (Å²) in [5.41, 5.74) is 1.42. The lowest BCUT2D eigenvalue weighted by Gasteiger charge is -2.29. The van der Waals surface area contributed by atoms with Crippen molar-refractivity contribution in [2.24, 2.45) is 5.73 Å². The van der Waals surface area contributed by atoms with Gasteiger partial charge in [-0.1, -0.05) is 29.3 Å². The molecular formula is C9H8Cl2F3NO. The molecule has 0 amide bonds. The van der Waals surface area contributed by atoms with Crippen molar-refractivity contribution in [3.8, 4) is 0 Å². The normalized spacial score (nSPS) is 15.9. The van der Waals surface area contributed by atoms with E-state index in [1.165, 1.54) is 6.07 Å². The van der Waals surface area contributed by atoms with Crippen molar-refractivity contribution < 1.29 is 18.3 Å². The van der Waals surface area contributed by atoms with Gasteiger partial charge in [-0.3, -0.25) is 0 Å². The third kappa shape index (κ3) is 2.27. The predicted octanol–water partition coefficient (Wildman–Crippen LogP) is 2.70. The second kappa shape index (κ2) is 4.41. The molecule has 1 rings (SSSR count). The Morgan fingerprint density at radius 3 is 2.12 bits per heavy atom. The predicted molar refractivity (Wildman–Crippen MR) is 55.5 cm³/mol. The Balaban J connectivity index is 3.29. The van der Waals surface area contributed by atoms with Crippen LogP contribution in [0.4, 0.5) is 13.2 Å². The van der Waals surface area contributed by atoms with Gasteiger partial charge in [0.2, 0.25) is 0 Å². The van der Waals surface area contributed by atoms with Gasteiger partial charge < -0.3 is 10.8 Å². The van der Waals surface area contributed by atoms with Gasteiger partial charge in [0.1, 0.15) is 0 Å². The molecule has 0 saturated heterocycles. The first-order valence-corrected chi connectivity index (χ1v) is 4.92. The fraction of sp³-hybridized carbons (Fsp3) is 0.333. The number of rotatable bonds is 2. The van der Waals surface area contributed by atoms with Gasteiger partial charge in [0.15, 0.2) is 5.60 Å². The molecule has 2 nitrogen and oxygen atoms in total. The zero-order valence-corrected chi connectivity index (χ0v) is 9.37. The van der Waals surface area contributed by atoms with Gasteiger partial charge in [-0.2, -0.15) is 13.2 Å². The molecule has 0 heterocycles. The van der Waals surface area contributed by atoms with E-state index in [0.29, 0.717) is 0 Å². The summed E-state index contributed by atoms with van der Waals surface area (Å²) in [4.78, 5) is 0. The number of hydrogen-bond donors (Lipinski definition) is 2. The Morgan fingerprint density at radius 2 is 1.75 bits per heavy atom. The molecular weight excluding hydrogens is 266 g/mol. The van der Waals surface area contributed by atoms with Crippen molar-refractivity contribution >= 4 is 23.2 Å². The number of halogens is 5. The summed E-state index contributed by atoms with van der Waals surface area (Å²) >= 11 is 11.1. The van der Waals surface area contributed by atoms with E-state index in [1.54, 1.807) is 0 Å². The Hall–Kier alpha value is -0.490. The van der Waals surface area contributed by atoms with Crippen LogP contribution in [0.2, 0.25) is 10.0 Å². The van der Waals surface area contributed by atoms with E-state index < -0.39 is 23.9 Å². The molecule has 0 aliphatic carbocycles. The van der Waals surface area contributed by atoms with Crippen LogP contribution in [0.15, 0.2) is 18.2 Å². The lowest BCUT2D eigenvalue weighted by molar-refractivity contribution is -0.262. The van der Waals surface area contributed by atoms with Crippen LogP contribution in [0.3, 0.4) is 0 Å². The van der Waals surface area contributed by atoms with E-state index in [2.05, 4.69) is 0 Å². The molecule has 3 N–H and O–H groups in total. The van der Waals surface area contributed by atoms with E-state index in [4.69, 9.17) is 28.9 Å². The lowest BCUT2D eigenvalue weighted by atomic mass is 9.93. The molecule has 7 heteroatoms. The van der Waals surface area contributed by atoms with Gasteiger partial charge in [-0.25, -0.2) is 0 Å². The molecule has 1 unspecified atom stereocenters. The molecule has 0 aliphatic heterocycles. The standard InChI is InChI=1S/C9H8Cl2F3NO/c10-6-2-1-5(3-7(6)11)8(16,4-15)9(12,13)14/h1-3,16H,4,15H2. The quantitative estimate of drug-likeness (QED) is 0.871. The van der Waals surface area contributed by atoms with Crippen molar-refractivity contribution in [3.05, 3.63) is 33.8 Å². The van der Waals surface area contributed by atoms with Crippen LogP contribution in [0, 0.1) is 0 Å². The Bertz CT molecular complexity index is 397. The van der Waals surface area contributed by atoms with Crippen LogP contribution in [0.1, 0.15) is 5.56 Å². The molecule has 0 aliphatic rings. The highest BCUT2D eigenvalue weighted by Gasteiger charge is 2.54. The van der Waals surface area contributed by atoms with Crippen molar-refractivity contribution in [1.29, 1.82) is 0 Å². The van der Waals surface area contributed by atoms with Crippen LogP contribution < -0.4 is 5.73 Å². The topological polar surface area (TPSA) is 46.2 Å². The van der Waals surface area contributed by atoms with Crippen molar-refractivity contribution in [2.75, 3.05) is 6.54 Å². The highest BCUT2D eigenvalue weighted by molar-refractivity contribution is 6.42. The van der Waals surface area contributed by atoms with Gasteiger partial charge in [0, 0.05) is 6.54 Å². The Kier molecular flexibility index (Phi) is 3.74. The molecule has 0 fully saturated rings. The summed E-state index contributed by atoms with van der Waals surface area (Å²) < 4.78 is 37.8. The molecule has 0 radical (unpaired) electrons. The van der Waals surface area contributed by atoms with Gasteiger partial charge in [-0.15, -0.1) is 0 Å². The van der Waals surface area contributed by atoms with E-state index >= 15 is 0 Å². The largest absolute Gasteiger partial charge is 0.422 e. The van der Waals surface area contributed by atoms with Gasteiger partial charge in [0.25, 0.3) is 0 Å². The number of benzene rings is 1. The molecule has 0 bridgehead atoms. The van der Waals surface area contributed by atoms with Crippen molar-refractivity contribution in [1.82, 2.24) is 0 Å². The molecule has 1 atom stereocenters. The zero-order valence-electron chi connectivity index (χ0n) is 7.85. The van der Waals surface area contributed by atoms with Gasteiger partial charge >= 0.3 is 6.18 Å². The fourth-order valence-electron chi connectivity index (χ4n) is 1.15. The monoisotopic (exact) mass is 273 g/mol. The summed E-state index contributed by atoms with van der Waals surface area (Å²) in [6.07, 6.45) is -4.88. The smallest absolute Gasteiger partial charge is 0.375 e. The molecule has 16 heavy (non-hydrogen) atoms. The van der Waals surface area contributed by atoms with Crippen LogP contribution in [-0.2, 0) is 5.60 Å². The Labute approximate surface area is 99.8 Å². The molecule has 0 spiro atoms. The van der Waals surface area contributed by atoms with Gasteiger partial charge in [0.05, 0.1) is 10.0 Å². The molecule has 1 aromatic rings. The molecule has 90 valence electrons. The lowest BCUT2D eigenvalue weighted by Crippen LogP contribution is -2.48. The minimum atomic E-state index is -4.88. The number of hydrogen-bond acceptors (Lipinski definition) is 2. The van der Waals surface area contributed by atoms with E-state index in [-0.39, 0.29) is 10.0 Å². The second-order valence-electron chi connectivity index (χ2n) is 3.19. The average molecular weight is 274 g/mol. The zero-order chi connectivity index (χ0) is 12.6. The molecule has 0 aromatic heterocycles. The number of aliphatic hydroxyl groups is 1.